The molecule has 4 nitrogen and oxygen atoms in total. The van der Waals surface area contributed by atoms with E-state index in [1.807, 2.05) is 33.8 Å². The van der Waals surface area contributed by atoms with E-state index in [4.69, 9.17) is 0 Å². The third-order valence-corrected chi connectivity index (χ3v) is 2.93. The maximum absolute atomic E-state index is 12.0. The van der Waals surface area contributed by atoms with Crippen LogP contribution >= 0.6 is 0 Å². The first-order chi connectivity index (χ1) is 8.84. The molecule has 0 fully saturated rings. The molecule has 0 bridgehead atoms. The number of nitrogens with one attached hydrogen (secondary N) is 1. The summed E-state index contributed by atoms with van der Waals surface area (Å²) in [6.07, 6.45) is 4.00. The van der Waals surface area contributed by atoms with Crippen LogP contribution < -0.4 is 5.32 Å². The zero-order valence-corrected chi connectivity index (χ0v) is 12.1. The van der Waals surface area contributed by atoms with Gasteiger partial charge in [0.05, 0.1) is 12.5 Å². The fourth-order valence-electron chi connectivity index (χ4n) is 1.88. The number of rotatable bonds is 5. The summed E-state index contributed by atoms with van der Waals surface area (Å²) in [4.78, 5) is 27.9. The highest BCUT2D eigenvalue weighted by Gasteiger charge is 2.31. The minimum Gasteiger partial charge on any atom is -0.345 e. The molecule has 0 spiro atoms. The molecule has 104 valence electrons. The van der Waals surface area contributed by atoms with Gasteiger partial charge in [0.1, 0.15) is 0 Å². The van der Waals surface area contributed by atoms with Gasteiger partial charge in [-0.3, -0.25) is 14.6 Å². The summed E-state index contributed by atoms with van der Waals surface area (Å²) in [7, 11) is 0. The van der Waals surface area contributed by atoms with Crippen molar-refractivity contribution in [1.29, 1.82) is 0 Å². The average molecular weight is 262 g/mol. The normalized spacial score (nSPS) is 12.8. The smallest absolute Gasteiger partial charge is 0.225 e. The largest absolute Gasteiger partial charge is 0.345 e. The molecule has 1 amide bonds. The Morgan fingerprint density at radius 1 is 1.37 bits per heavy atom. The van der Waals surface area contributed by atoms with Crippen molar-refractivity contribution in [2.24, 2.45) is 5.41 Å². The lowest BCUT2D eigenvalue weighted by atomic mass is 9.83. The number of ketones is 1. The first kappa shape index (κ1) is 15.3. The first-order valence-corrected chi connectivity index (χ1v) is 6.55. The lowest BCUT2D eigenvalue weighted by Gasteiger charge is -2.30. The SMILES string of the molecule is CCC(=O)C(NC(=O)Cc1cccnc1)C(C)(C)C. The number of nitrogens with zero attached hydrogens (tertiary/aromatic N) is 1. The zero-order valence-electron chi connectivity index (χ0n) is 12.1. The van der Waals surface area contributed by atoms with Crippen LogP contribution in [0, 0.1) is 5.41 Å². The number of hydrogen-bond donors (Lipinski definition) is 1. The van der Waals surface area contributed by atoms with Gasteiger partial charge < -0.3 is 5.32 Å². The van der Waals surface area contributed by atoms with Crippen molar-refractivity contribution in [3.8, 4) is 0 Å². The van der Waals surface area contributed by atoms with Gasteiger partial charge in [-0.15, -0.1) is 0 Å². The van der Waals surface area contributed by atoms with Gasteiger partial charge in [-0.1, -0.05) is 33.8 Å². The predicted molar refractivity (Wildman–Crippen MR) is 74.6 cm³/mol. The van der Waals surface area contributed by atoms with E-state index in [0.29, 0.717) is 6.42 Å². The Balaban J connectivity index is 2.70. The number of carbonyl (C=O) groups excluding carboxylic acids is 2. The summed E-state index contributed by atoms with van der Waals surface area (Å²) < 4.78 is 0. The van der Waals surface area contributed by atoms with Gasteiger partial charge in [0, 0.05) is 18.8 Å². The Labute approximate surface area is 114 Å². The van der Waals surface area contributed by atoms with Crippen molar-refractivity contribution < 1.29 is 9.59 Å². The van der Waals surface area contributed by atoms with Crippen LogP contribution in [-0.2, 0) is 16.0 Å². The maximum atomic E-state index is 12.0. The fraction of sp³-hybridized carbons (Fsp3) is 0.533. The highest BCUT2D eigenvalue weighted by Crippen LogP contribution is 2.21. The molecule has 19 heavy (non-hydrogen) atoms. The topological polar surface area (TPSA) is 59.1 Å². The Bertz CT molecular complexity index is 435. The van der Waals surface area contributed by atoms with E-state index in [1.165, 1.54) is 0 Å². The van der Waals surface area contributed by atoms with Crippen molar-refractivity contribution >= 4 is 11.7 Å². The molecule has 4 heteroatoms. The molecule has 1 N–H and O–H groups in total. The summed E-state index contributed by atoms with van der Waals surface area (Å²) in [5, 5.41) is 2.84. The number of amides is 1. The van der Waals surface area contributed by atoms with Crippen LogP contribution in [-0.4, -0.2) is 22.7 Å². The number of pyridine rings is 1. The molecule has 1 atom stereocenters. The Hall–Kier alpha value is -1.71. The number of Topliss-reactive ketones (excluding diaryl/α,β-unsaturated/α-hetero) is 1. The van der Waals surface area contributed by atoms with Crippen LogP contribution in [0.3, 0.4) is 0 Å². The summed E-state index contributed by atoms with van der Waals surface area (Å²) in [5.41, 5.74) is 0.564. The predicted octanol–water partition coefficient (Wildman–Crippen LogP) is 2.13. The number of carbonyl (C=O) groups is 2. The van der Waals surface area contributed by atoms with Crippen LogP contribution in [0.1, 0.15) is 39.7 Å². The monoisotopic (exact) mass is 262 g/mol. The number of aromatic nitrogens is 1. The quantitative estimate of drug-likeness (QED) is 0.884. The number of hydrogen-bond acceptors (Lipinski definition) is 3. The molecular formula is C15H22N2O2. The van der Waals surface area contributed by atoms with Crippen LogP contribution in [0.15, 0.2) is 24.5 Å². The van der Waals surface area contributed by atoms with Gasteiger partial charge in [0.25, 0.3) is 0 Å². The molecule has 1 aromatic rings. The molecule has 1 aromatic heterocycles. The third-order valence-electron chi connectivity index (χ3n) is 2.93. The lowest BCUT2D eigenvalue weighted by molar-refractivity contribution is -0.129. The van der Waals surface area contributed by atoms with Gasteiger partial charge in [-0.05, 0) is 17.0 Å². The first-order valence-electron chi connectivity index (χ1n) is 6.55. The summed E-state index contributed by atoms with van der Waals surface area (Å²) in [5.74, 6) is -0.0817. The fourth-order valence-corrected chi connectivity index (χ4v) is 1.88. The molecule has 1 unspecified atom stereocenters. The molecule has 0 aliphatic heterocycles. The third kappa shape index (κ3) is 4.81. The molecule has 0 aromatic carbocycles. The summed E-state index contributed by atoms with van der Waals surface area (Å²) in [6, 6.07) is 3.20. The molecule has 0 saturated heterocycles. The molecule has 0 radical (unpaired) electrons. The van der Waals surface area contributed by atoms with Crippen molar-refractivity contribution in [2.45, 2.75) is 46.6 Å². The van der Waals surface area contributed by atoms with Gasteiger partial charge in [-0.25, -0.2) is 0 Å². The van der Waals surface area contributed by atoms with E-state index >= 15 is 0 Å². The highest BCUT2D eigenvalue weighted by molar-refractivity contribution is 5.90. The van der Waals surface area contributed by atoms with Crippen LogP contribution in [0.2, 0.25) is 0 Å². The van der Waals surface area contributed by atoms with Gasteiger partial charge in [0.2, 0.25) is 5.91 Å². The van der Waals surface area contributed by atoms with Crippen molar-refractivity contribution in [3.63, 3.8) is 0 Å². The second kappa shape index (κ2) is 6.45. The Morgan fingerprint density at radius 2 is 2.05 bits per heavy atom. The van der Waals surface area contributed by atoms with E-state index in [9.17, 15) is 9.59 Å². The highest BCUT2D eigenvalue weighted by atomic mass is 16.2. The average Bonchev–Trinajstić information content (AvgIpc) is 2.35. The van der Waals surface area contributed by atoms with Crippen LogP contribution in [0.4, 0.5) is 0 Å². The molecule has 1 heterocycles. The van der Waals surface area contributed by atoms with E-state index < -0.39 is 6.04 Å². The Kier molecular flexibility index (Phi) is 5.21. The van der Waals surface area contributed by atoms with Crippen molar-refractivity contribution in [1.82, 2.24) is 10.3 Å². The minimum atomic E-state index is -0.443. The van der Waals surface area contributed by atoms with Crippen LogP contribution in [0.25, 0.3) is 0 Å². The van der Waals surface area contributed by atoms with Gasteiger partial charge in [0.15, 0.2) is 5.78 Å². The van der Waals surface area contributed by atoms with E-state index in [0.717, 1.165) is 5.56 Å². The standard InChI is InChI=1S/C15H22N2O2/c1-5-12(18)14(15(2,3)4)17-13(19)9-11-7-6-8-16-10-11/h6-8,10,14H,5,9H2,1-4H3,(H,17,19). The van der Waals surface area contributed by atoms with Gasteiger partial charge >= 0.3 is 0 Å². The molecule has 0 saturated carbocycles. The maximum Gasteiger partial charge on any atom is 0.225 e. The molecule has 0 aliphatic rings. The zero-order chi connectivity index (χ0) is 14.5. The van der Waals surface area contributed by atoms with E-state index in [2.05, 4.69) is 10.3 Å². The molecule has 0 aliphatic carbocycles. The molecular weight excluding hydrogens is 240 g/mol. The van der Waals surface area contributed by atoms with Crippen LogP contribution in [0.5, 0.6) is 0 Å². The second-order valence-corrected chi connectivity index (χ2v) is 5.72. The van der Waals surface area contributed by atoms with E-state index in [1.54, 1.807) is 18.5 Å². The lowest BCUT2D eigenvalue weighted by Crippen LogP contribution is -2.49. The second-order valence-electron chi connectivity index (χ2n) is 5.72. The molecule has 1 rings (SSSR count). The summed E-state index contributed by atoms with van der Waals surface area (Å²) in [6.45, 7) is 7.68. The summed E-state index contributed by atoms with van der Waals surface area (Å²) >= 11 is 0. The van der Waals surface area contributed by atoms with Gasteiger partial charge in [-0.2, -0.15) is 0 Å². The minimum absolute atomic E-state index is 0.0621. The van der Waals surface area contributed by atoms with Crippen molar-refractivity contribution in [3.05, 3.63) is 30.1 Å². The van der Waals surface area contributed by atoms with Crippen molar-refractivity contribution in [2.75, 3.05) is 0 Å². The van der Waals surface area contributed by atoms with E-state index in [-0.39, 0.29) is 23.5 Å². The Morgan fingerprint density at radius 3 is 2.53 bits per heavy atom.